The van der Waals surface area contributed by atoms with Crippen LogP contribution in [0.15, 0.2) is 53.7 Å². The second-order valence-corrected chi connectivity index (χ2v) is 9.88. The van der Waals surface area contributed by atoms with Crippen molar-refractivity contribution in [2.75, 3.05) is 18.7 Å². The van der Waals surface area contributed by atoms with Gasteiger partial charge in [0.1, 0.15) is 6.61 Å². The summed E-state index contributed by atoms with van der Waals surface area (Å²) in [6.07, 6.45) is 6.41. The van der Waals surface area contributed by atoms with Crippen molar-refractivity contribution in [1.29, 1.82) is 0 Å². The smallest absolute Gasteiger partial charge is 0.227 e. The maximum absolute atomic E-state index is 12.6. The van der Waals surface area contributed by atoms with Crippen LogP contribution in [0.5, 0.6) is 11.5 Å². The number of aromatic nitrogens is 2. The Morgan fingerprint density at radius 3 is 2.62 bits per heavy atom. The highest BCUT2D eigenvalue weighted by Gasteiger charge is 2.30. The molecule has 2 aromatic carbocycles. The molecule has 1 aromatic heterocycles. The summed E-state index contributed by atoms with van der Waals surface area (Å²) < 4.78 is 38.2. The second-order valence-electron chi connectivity index (χ2n) is 7.89. The van der Waals surface area contributed by atoms with E-state index < -0.39 is 9.84 Å². The summed E-state index contributed by atoms with van der Waals surface area (Å²) in [4.78, 5) is 12.6. The van der Waals surface area contributed by atoms with Crippen molar-refractivity contribution in [1.82, 2.24) is 9.78 Å². The summed E-state index contributed by atoms with van der Waals surface area (Å²) in [5.74, 6) is 0.854. The number of nitrogens with zero attached hydrogens (tertiary/aromatic N) is 2. The van der Waals surface area contributed by atoms with Gasteiger partial charge in [0.25, 0.3) is 0 Å². The third-order valence-corrected chi connectivity index (χ3v) is 6.38. The van der Waals surface area contributed by atoms with Gasteiger partial charge < -0.3 is 14.8 Å². The number of amides is 1. The van der Waals surface area contributed by atoms with Gasteiger partial charge in [0.05, 0.1) is 18.2 Å². The molecule has 1 saturated carbocycles. The van der Waals surface area contributed by atoms with Crippen LogP contribution in [0.1, 0.15) is 18.4 Å². The molecular weight excluding hydrogens is 430 g/mol. The van der Waals surface area contributed by atoms with Crippen molar-refractivity contribution in [2.45, 2.75) is 24.3 Å². The SMILES string of the molecule is COc1ccc(-c2c(NC(=O)C3CC3)cccc2S(C)(=O)=O)cc1OCc1cnn(C)c1. The molecule has 3 aromatic rings. The molecule has 0 saturated heterocycles. The van der Waals surface area contributed by atoms with Gasteiger partial charge in [-0.1, -0.05) is 12.1 Å². The number of aryl methyl sites for hydroxylation is 1. The van der Waals surface area contributed by atoms with E-state index in [1.54, 1.807) is 41.2 Å². The van der Waals surface area contributed by atoms with Crippen molar-refractivity contribution in [3.05, 3.63) is 54.4 Å². The number of nitrogens with one attached hydrogen (secondary N) is 1. The molecule has 1 amide bonds. The van der Waals surface area contributed by atoms with E-state index in [9.17, 15) is 13.2 Å². The Bertz CT molecular complexity index is 1260. The molecule has 8 nitrogen and oxygen atoms in total. The predicted molar refractivity (Wildman–Crippen MR) is 120 cm³/mol. The van der Waals surface area contributed by atoms with Crippen LogP contribution in [-0.2, 0) is 28.3 Å². The minimum Gasteiger partial charge on any atom is -0.493 e. The molecule has 0 bridgehead atoms. The molecule has 32 heavy (non-hydrogen) atoms. The number of anilines is 1. The first-order valence-corrected chi connectivity index (χ1v) is 12.1. The number of benzene rings is 2. The third kappa shape index (κ3) is 4.77. The number of sulfone groups is 1. The first-order valence-electron chi connectivity index (χ1n) is 10.2. The standard InChI is InChI=1S/C23H25N3O5S/c1-26-13-15(12-24-26)14-31-20-11-17(9-10-19(20)30-2)22-18(25-23(27)16-7-8-16)5-4-6-21(22)32(3,28)29/h4-6,9-13,16H,7-8,14H2,1-3H3,(H,25,27). The van der Waals surface area contributed by atoms with Gasteiger partial charge in [-0.2, -0.15) is 5.10 Å². The normalized spacial score (nSPS) is 13.6. The van der Waals surface area contributed by atoms with E-state index in [4.69, 9.17) is 9.47 Å². The van der Waals surface area contributed by atoms with Crippen LogP contribution in [0.3, 0.4) is 0 Å². The van der Waals surface area contributed by atoms with Gasteiger partial charge in [0.2, 0.25) is 5.91 Å². The number of rotatable bonds is 8. The molecule has 0 radical (unpaired) electrons. The maximum Gasteiger partial charge on any atom is 0.227 e. The predicted octanol–water partition coefficient (Wildman–Crippen LogP) is 3.43. The summed E-state index contributed by atoms with van der Waals surface area (Å²) in [6, 6.07) is 10.1. The second kappa shape index (κ2) is 8.66. The minimum absolute atomic E-state index is 0.0148. The molecular formula is C23H25N3O5S. The minimum atomic E-state index is -3.56. The van der Waals surface area contributed by atoms with Gasteiger partial charge in [0.15, 0.2) is 21.3 Å². The number of ether oxygens (including phenoxy) is 2. The lowest BCUT2D eigenvalue weighted by Crippen LogP contribution is -2.15. The maximum atomic E-state index is 12.6. The molecule has 1 N–H and O–H groups in total. The highest BCUT2D eigenvalue weighted by Crippen LogP contribution is 2.40. The zero-order valence-electron chi connectivity index (χ0n) is 18.2. The van der Waals surface area contributed by atoms with Crippen molar-refractivity contribution in [3.8, 4) is 22.6 Å². The Labute approximate surface area is 187 Å². The van der Waals surface area contributed by atoms with Crippen LogP contribution in [0, 0.1) is 5.92 Å². The summed E-state index contributed by atoms with van der Waals surface area (Å²) >= 11 is 0. The van der Waals surface area contributed by atoms with Crippen molar-refractivity contribution in [3.63, 3.8) is 0 Å². The number of carbonyl (C=O) groups excluding carboxylic acids is 1. The van der Waals surface area contributed by atoms with Gasteiger partial charge in [0, 0.05) is 42.2 Å². The van der Waals surface area contributed by atoms with Crippen LogP contribution < -0.4 is 14.8 Å². The fourth-order valence-electron chi connectivity index (χ4n) is 3.47. The molecule has 0 atom stereocenters. The molecule has 0 spiro atoms. The van der Waals surface area contributed by atoms with E-state index in [0.29, 0.717) is 28.3 Å². The zero-order valence-corrected chi connectivity index (χ0v) is 19.0. The fraction of sp³-hybridized carbons (Fsp3) is 0.304. The molecule has 1 aliphatic carbocycles. The number of carbonyl (C=O) groups is 1. The Balaban J connectivity index is 1.76. The number of methoxy groups -OCH3 is 1. The third-order valence-electron chi connectivity index (χ3n) is 5.24. The van der Waals surface area contributed by atoms with E-state index in [2.05, 4.69) is 10.4 Å². The van der Waals surface area contributed by atoms with Crippen molar-refractivity contribution < 1.29 is 22.7 Å². The van der Waals surface area contributed by atoms with Gasteiger partial charge in [-0.3, -0.25) is 9.48 Å². The van der Waals surface area contributed by atoms with Crippen LogP contribution >= 0.6 is 0 Å². The lowest BCUT2D eigenvalue weighted by atomic mass is 10.0. The van der Waals surface area contributed by atoms with Crippen LogP contribution in [0.4, 0.5) is 5.69 Å². The Hall–Kier alpha value is -3.33. The van der Waals surface area contributed by atoms with Crippen LogP contribution in [0.25, 0.3) is 11.1 Å². The monoisotopic (exact) mass is 455 g/mol. The highest BCUT2D eigenvalue weighted by molar-refractivity contribution is 7.90. The van der Waals surface area contributed by atoms with Gasteiger partial charge in [-0.25, -0.2) is 8.42 Å². The number of hydrogen-bond acceptors (Lipinski definition) is 6. The first-order chi connectivity index (χ1) is 15.3. The summed E-state index contributed by atoms with van der Waals surface area (Å²) in [5, 5.41) is 7.04. The molecule has 1 fully saturated rings. The molecule has 1 heterocycles. The average Bonchev–Trinajstić information content (AvgIpc) is 3.53. The Morgan fingerprint density at radius 2 is 2.00 bits per heavy atom. The lowest BCUT2D eigenvalue weighted by molar-refractivity contribution is -0.117. The molecule has 168 valence electrons. The summed E-state index contributed by atoms with van der Waals surface area (Å²) in [5.41, 5.74) is 2.36. The quantitative estimate of drug-likeness (QED) is 0.559. The van der Waals surface area contributed by atoms with Crippen LogP contribution in [0.2, 0.25) is 0 Å². The summed E-state index contributed by atoms with van der Waals surface area (Å²) in [6.45, 7) is 0.270. The van der Waals surface area contributed by atoms with E-state index >= 15 is 0 Å². The topological polar surface area (TPSA) is 99.5 Å². The van der Waals surface area contributed by atoms with Gasteiger partial charge >= 0.3 is 0 Å². The molecule has 4 rings (SSSR count). The van der Waals surface area contributed by atoms with E-state index in [1.165, 1.54) is 13.2 Å². The average molecular weight is 456 g/mol. The highest BCUT2D eigenvalue weighted by atomic mass is 32.2. The van der Waals surface area contributed by atoms with E-state index in [0.717, 1.165) is 24.7 Å². The van der Waals surface area contributed by atoms with Gasteiger partial charge in [-0.05, 0) is 42.7 Å². The van der Waals surface area contributed by atoms with Gasteiger partial charge in [-0.15, -0.1) is 0 Å². The van der Waals surface area contributed by atoms with Crippen molar-refractivity contribution >= 4 is 21.4 Å². The molecule has 9 heteroatoms. The Kier molecular flexibility index (Phi) is 5.92. The Morgan fingerprint density at radius 1 is 1.22 bits per heavy atom. The lowest BCUT2D eigenvalue weighted by Gasteiger charge is -2.17. The fourth-order valence-corrected chi connectivity index (χ4v) is 4.40. The van der Waals surface area contributed by atoms with E-state index in [1.807, 2.05) is 13.2 Å². The molecule has 0 aliphatic heterocycles. The largest absolute Gasteiger partial charge is 0.493 e. The molecule has 0 unspecified atom stereocenters. The zero-order chi connectivity index (χ0) is 22.9. The number of hydrogen-bond donors (Lipinski definition) is 1. The van der Waals surface area contributed by atoms with Crippen molar-refractivity contribution in [2.24, 2.45) is 13.0 Å². The van der Waals surface area contributed by atoms with E-state index in [-0.39, 0.29) is 23.3 Å². The molecule has 1 aliphatic rings. The van der Waals surface area contributed by atoms with Crippen LogP contribution in [-0.4, -0.2) is 37.5 Å². The summed E-state index contributed by atoms with van der Waals surface area (Å²) in [7, 11) is -0.197. The first kappa shape index (κ1) is 21.9.